The van der Waals surface area contributed by atoms with Gasteiger partial charge >= 0.3 is 0 Å². The van der Waals surface area contributed by atoms with Gasteiger partial charge in [-0.05, 0) is 0 Å². The van der Waals surface area contributed by atoms with E-state index in [0.29, 0.717) is 5.56 Å². The van der Waals surface area contributed by atoms with Crippen molar-refractivity contribution in [2.45, 2.75) is 6.42 Å². The number of nitrogen functional groups attached to an aromatic ring is 1. The van der Waals surface area contributed by atoms with Crippen molar-refractivity contribution in [1.82, 2.24) is 4.98 Å². The number of rotatable bonds is 0. The predicted molar refractivity (Wildman–Crippen MR) is 40.9 cm³/mol. The average Bonchev–Trinajstić information content (AvgIpc) is 2.29. The molecule has 0 radical (unpaired) electrons. The van der Waals surface area contributed by atoms with Crippen LogP contribution in [0.25, 0.3) is 0 Å². The van der Waals surface area contributed by atoms with E-state index in [4.69, 9.17) is 5.73 Å². The van der Waals surface area contributed by atoms with Crippen LogP contribution in [0.4, 0.5) is 15.9 Å². The summed E-state index contributed by atoms with van der Waals surface area (Å²) in [5, 5.41) is 2.41. The number of aromatic nitrogens is 1. The quantitative estimate of drug-likeness (QED) is 0.546. The number of nitrogens with one attached hydrogen (secondary N) is 1. The van der Waals surface area contributed by atoms with Crippen LogP contribution in [-0.4, -0.2) is 10.9 Å². The van der Waals surface area contributed by atoms with Crippen molar-refractivity contribution in [2.24, 2.45) is 0 Å². The Kier molecular flexibility index (Phi) is 1.27. The fraction of sp³-hybridized carbons (Fsp3) is 0.143. The minimum atomic E-state index is -0.673. The van der Waals surface area contributed by atoms with Gasteiger partial charge < -0.3 is 11.1 Å². The van der Waals surface area contributed by atoms with Crippen LogP contribution in [0.5, 0.6) is 0 Å². The van der Waals surface area contributed by atoms with Gasteiger partial charge in [-0.1, -0.05) is 0 Å². The normalized spacial score (nSPS) is 14.2. The Morgan fingerprint density at radius 1 is 1.67 bits per heavy atom. The number of hydrogen-bond acceptors (Lipinski definition) is 3. The summed E-state index contributed by atoms with van der Waals surface area (Å²) in [6, 6.07) is 1.11. The molecule has 12 heavy (non-hydrogen) atoms. The van der Waals surface area contributed by atoms with Crippen molar-refractivity contribution in [3.8, 4) is 0 Å². The lowest BCUT2D eigenvalue weighted by atomic mass is 10.2. The monoisotopic (exact) mass is 167 g/mol. The molecule has 0 saturated heterocycles. The van der Waals surface area contributed by atoms with Crippen LogP contribution in [0.15, 0.2) is 6.07 Å². The van der Waals surface area contributed by atoms with E-state index in [-0.39, 0.29) is 23.8 Å². The third-order valence-electron chi connectivity index (χ3n) is 1.72. The first kappa shape index (κ1) is 7.02. The Bertz CT molecular complexity index is 364. The molecule has 0 spiro atoms. The highest BCUT2D eigenvalue weighted by molar-refractivity contribution is 5.99. The minimum Gasteiger partial charge on any atom is -0.398 e. The molecule has 3 N–H and O–H groups in total. The van der Waals surface area contributed by atoms with E-state index in [2.05, 4.69) is 10.3 Å². The summed E-state index contributed by atoms with van der Waals surface area (Å²) in [6.45, 7) is 0. The molecule has 2 heterocycles. The summed E-state index contributed by atoms with van der Waals surface area (Å²) in [5.41, 5.74) is 6.32. The highest BCUT2D eigenvalue weighted by atomic mass is 19.1. The predicted octanol–water partition coefficient (Wildman–Crippen LogP) is 0.298. The second kappa shape index (κ2) is 2.17. The number of carbonyl (C=O) groups is 1. The van der Waals surface area contributed by atoms with Gasteiger partial charge in [-0.15, -0.1) is 0 Å². The van der Waals surface area contributed by atoms with Gasteiger partial charge in [0.05, 0.1) is 6.42 Å². The summed E-state index contributed by atoms with van der Waals surface area (Å²) in [7, 11) is 0. The van der Waals surface area contributed by atoms with Crippen molar-refractivity contribution < 1.29 is 9.18 Å². The molecular formula is C7H6FN3O. The van der Waals surface area contributed by atoms with Crippen molar-refractivity contribution in [2.75, 3.05) is 11.1 Å². The Labute approximate surface area is 67.6 Å². The topological polar surface area (TPSA) is 68.0 Å². The zero-order valence-electron chi connectivity index (χ0n) is 6.10. The standard InChI is InChI=1S/C7H6FN3O/c8-5-2-4(9)3-1-6(12)11-7(3)10-5/h2H,1H2,(H3,9,10,11,12). The molecule has 0 fully saturated rings. The maximum atomic E-state index is 12.6. The maximum Gasteiger partial charge on any atom is 0.230 e. The largest absolute Gasteiger partial charge is 0.398 e. The molecule has 62 valence electrons. The van der Waals surface area contributed by atoms with Gasteiger partial charge in [0.15, 0.2) is 0 Å². The van der Waals surface area contributed by atoms with E-state index in [0.717, 1.165) is 6.07 Å². The number of amides is 1. The first-order chi connectivity index (χ1) is 5.66. The lowest BCUT2D eigenvalue weighted by Gasteiger charge is -2.00. The number of hydrogen-bond donors (Lipinski definition) is 2. The second-order valence-electron chi connectivity index (χ2n) is 2.59. The van der Waals surface area contributed by atoms with E-state index in [1.54, 1.807) is 0 Å². The van der Waals surface area contributed by atoms with E-state index < -0.39 is 5.95 Å². The van der Waals surface area contributed by atoms with Crippen molar-refractivity contribution >= 4 is 17.4 Å². The summed E-state index contributed by atoms with van der Waals surface area (Å²) in [6.07, 6.45) is 0.189. The van der Waals surface area contributed by atoms with Gasteiger partial charge in [0.2, 0.25) is 11.9 Å². The number of carbonyl (C=O) groups excluding carboxylic acids is 1. The Balaban J connectivity index is 2.59. The van der Waals surface area contributed by atoms with Gasteiger partial charge in [0.25, 0.3) is 0 Å². The van der Waals surface area contributed by atoms with E-state index in [1.165, 1.54) is 0 Å². The molecule has 0 aliphatic carbocycles. The van der Waals surface area contributed by atoms with Gasteiger partial charge in [0.1, 0.15) is 5.82 Å². The zero-order chi connectivity index (χ0) is 8.72. The van der Waals surface area contributed by atoms with E-state index in [9.17, 15) is 9.18 Å². The highest BCUT2D eigenvalue weighted by Gasteiger charge is 2.22. The summed E-state index contributed by atoms with van der Waals surface area (Å²) < 4.78 is 12.6. The van der Waals surface area contributed by atoms with Crippen molar-refractivity contribution in [3.63, 3.8) is 0 Å². The van der Waals surface area contributed by atoms with Crippen LogP contribution < -0.4 is 11.1 Å². The van der Waals surface area contributed by atoms with Gasteiger partial charge in [-0.2, -0.15) is 4.39 Å². The number of nitrogens with zero attached hydrogens (tertiary/aromatic N) is 1. The summed E-state index contributed by atoms with van der Waals surface area (Å²) in [4.78, 5) is 14.3. The molecule has 0 aromatic carbocycles. The smallest absolute Gasteiger partial charge is 0.230 e. The van der Waals surface area contributed by atoms with E-state index in [1.807, 2.05) is 0 Å². The van der Waals surface area contributed by atoms with E-state index >= 15 is 0 Å². The van der Waals surface area contributed by atoms with Crippen LogP contribution in [0.2, 0.25) is 0 Å². The molecule has 0 atom stereocenters. The number of halogens is 1. The fourth-order valence-corrected chi connectivity index (χ4v) is 1.18. The molecule has 1 aliphatic heterocycles. The maximum absolute atomic E-state index is 12.6. The van der Waals surface area contributed by atoms with Gasteiger partial charge in [-0.25, -0.2) is 4.98 Å². The molecule has 4 nitrogen and oxygen atoms in total. The molecule has 1 aromatic heterocycles. The molecule has 1 amide bonds. The first-order valence-corrected chi connectivity index (χ1v) is 3.41. The van der Waals surface area contributed by atoms with Crippen LogP contribution in [-0.2, 0) is 11.2 Å². The van der Waals surface area contributed by atoms with Crippen LogP contribution in [0.1, 0.15) is 5.56 Å². The fourth-order valence-electron chi connectivity index (χ4n) is 1.18. The SMILES string of the molecule is Nc1cc(F)nc2c1CC(=O)N2. The van der Waals surface area contributed by atoms with Gasteiger partial charge in [0, 0.05) is 17.3 Å². The van der Waals surface area contributed by atoms with Crippen LogP contribution in [0.3, 0.4) is 0 Å². The van der Waals surface area contributed by atoms with Crippen LogP contribution in [0, 0.1) is 5.95 Å². The zero-order valence-corrected chi connectivity index (χ0v) is 6.10. The molecule has 0 unspecified atom stereocenters. The van der Waals surface area contributed by atoms with Gasteiger partial charge in [-0.3, -0.25) is 4.79 Å². The second-order valence-corrected chi connectivity index (χ2v) is 2.59. The molecule has 1 aromatic rings. The Morgan fingerprint density at radius 2 is 2.42 bits per heavy atom. The molecule has 0 bridgehead atoms. The Hall–Kier alpha value is -1.65. The number of fused-ring (bicyclic) bond motifs is 1. The first-order valence-electron chi connectivity index (χ1n) is 3.41. The molecule has 1 aliphatic rings. The highest BCUT2D eigenvalue weighted by Crippen LogP contribution is 2.26. The lowest BCUT2D eigenvalue weighted by molar-refractivity contribution is -0.115. The Morgan fingerprint density at radius 3 is 3.17 bits per heavy atom. The average molecular weight is 167 g/mol. The molecule has 5 heteroatoms. The summed E-state index contributed by atoms with van der Waals surface area (Å²) in [5.74, 6) is -0.624. The number of pyridine rings is 1. The van der Waals surface area contributed by atoms with Crippen molar-refractivity contribution in [1.29, 1.82) is 0 Å². The molecular weight excluding hydrogens is 161 g/mol. The summed E-state index contributed by atoms with van der Waals surface area (Å²) >= 11 is 0. The van der Waals surface area contributed by atoms with Crippen molar-refractivity contribution in [3.05, 3.63) is 17.6 Å². The number of anilines is 2. The third-order valence-corrected chi connectivity index (χ3v) is 1.72. The van der Waals surface area contributed by atoms with Crippen LogP contribution >= 0.6 is 0 Å². The lowest BCUT2D eigenvalue weighted by Crippen LogP contribution is -2.04. The third kappa shape index (κ3) is 0.903. The minimum absolute atomic E-state index is 0.189. The number of nitrogens with two attached hydrogens (primary N) is 1. The molecule has 0 saturated carbocycles. The molecule has 2 rings (SSSR count).